The molecule has 0 saturated carbocycles. The molecular formula is C12H24N2O5. The average molecular weight is 276 g/mol. The number of carbonyl (C=O) groups is 2. The fourth-order valence-electron chi connectivity index (χ4n) is 1.34. The fourth-order valence-corrected chi connectivity index (χ4v) is 1.34. The van der Waals surface area contributed by atoms with E-state index in [-0.39, 0.29) is 19.0 Å². The van der Waals surface area contributed by atoms with Gasteiger partial charge in [-0.25, -0.2) is 4.79 Å². The van der Waals surface area contributed by atoms with Crippen molar-refractivity contribution in [2.45, 2.75) is 20.3 Å². The van der Waals surface area contributed by atoms with E-state index in [1.54, 1.807) is 4.90 Å². The standard InChI is InChI=1S/C12H24N2O5/c1-3-18-9-7-14(8-10-19-4-2)12(17)13-6-5-11(15)16/h3-10H2,1-2H3,(H,13,17)(H,15,16). The zero-order chi connectivity index (χ0) is 14.5. The summed E-state index contributed by atoms with van der Waals surface area (Å²) in [6.07, 6.45) is -0.0868. The number of carbonyl (C=O) groups excluding carboxylic acids is 1. The van der Waals surface area contributed by atoms with Gasteiger partial charge in [0, 0.05) is 32.8 Å². The zero-order valence-electron chi connectivity index (χ0n) is 11.7. The van der Waals surface area contributed by atoms with Crippen molar-refractivity contribution in [1.82, 2.24) is 10.2 Å². The van der Waals surface area contributed by atoms with Crippen molar-refractivity contribution < 1.29 is 24.2 Å². The number of carboxylic acids is 1. The Balaban J connectivity index is 4.04. The summed E-state index contributed by atoms with van der Waals surface area (Å²) in [6.45, 7) is 6.91. The Kier molecular flexibility index (Phi) is 10.9. The Morgan fingerprint density at radius 1 is 1.11 bits per heavy atom. The molecular weight excluding hydrogens is 252 g/mol. The van der Waals surface area contributed by atoms with Crippen LogP contribution >= 0.6 is 0 Å². The highest BCUT2D eigenvalue weighted by Gasteiger charge is 2.12. The first-order chi connectivity index (χ1) is 9.11. The monoisotopic (exact) mass is 276 g/mol. The third-order valence-corrected chi connectivity index (χ3v) is 2.32. The van der Waals surface area contributed by atoms with E-state index in [0.29, 0.717) is 39.5 Å². The Labute approximate surface area is 113 Å². The van der Waals surface area contributed by atoms with Crippen molar-refractivity contribution in [2.75, 3.05) is 46.1 Å². The first kappa shape index (κ1) is 17.7. The molecule has 0 radical (unpaired) electrons. The molecule has 0 spiro atoms. The normalized spacial score (nSPS) is 10.2. The number of nitrogens with zero attached hydrogens (tertiary/aromatic N) is 1. The van der Waals surface area contributed by atoms with Crippen molar-refractivity contribution in [3.05, 3.63) is 0 Å². The number of nitrogens with one attached hydrogen (secondary N) is 1. The fraction of sp³-hybridized carbons (Fsp3) is 0.833. The molecule has 19 heavy (non-hydrogen) atoms. The molecule has 7 nitrogen and oxygen atoms in total. The molecule has 0 aliphatic carbocycles. The van der Waals surface area contributed by atoms with Crippen molar-refractivity contribution in [3.8, 4) is 0 Å². The molecule has 0 unspecified atom stereocenters. The molecule has 0 fully saturated rings. The van der Waals surface area contributed by atoms with Crippen LogP contribution in [0.15, 0.2) is 0 Å². The van der Waals surface area contributed by atoms with Crippen molar-refractivity contribution >= 4 is 12.0 Å². The smallest absolute Gasteiger partial charge is 0.317 e. The Hall–Kier alpha value is -1.34. The summed E-state index contributed by atoms with van der Waals surface area (Å²) in [5.41, 5.74) is 0. The second-order valence-electron chi connectivity index (χ2n) is 3.76. The summed E-state index contributed by atoms with van der Waals surface area (Å²) in [6, 6.07) is -0.291. The van der Waals surface area contributed by atoms with Crippen molar-refractivity contribution in [2.24, 2.45) is 0 Å². The number of rotatable bonds is 11. The van der Waals surface area contributed by atoms with Gasteiger partial charge in [0.1, 0.15) is 0 Å². The highest BCUT2D eigenvalue weighted by molar-refractivity contribution is 5.75. The topological polar surface area (TPSA) is 88.1 Å². The predicted molar refractivity (Wildman–Crippen MR) is 70.2 cm³/mol. The maximum absolute atomic E-state index is 11.8. The first-order valence-electron chi connectivity index (χ1n) is 6.51. The van der Waals surface area contributed by atoms with E-state index in [4.69, 9.17) is 14.6 Å². The van der Waals surface area contributed by atoms with Crippen LogP contribution in [0, 0.1) is 0 Å². The second kappa shape index (κ2) is 11.7. The van der Waals surface area contributed by atoms with E-state index < -0.39 is 5.97 Å². The number of urea groups is 1. The molecule has 7 heteroatoms. The molecule has 0 aromatic carbocycles. The minimum atomic E-state index is -0.935. The van der Waals surface area contributed by atoms with Crippen LogP contribution in [0.1, 0.15) is 20.3 Å². The lowest BCUT2D eigenvalue weighted by atomic mass is 10.4. The van der Waals surface area contributed by atoms with E-state index in [2.05, 4.69) is 5.32 Å². The quantitative estimate of drug-likeness (QED) is 0.538. The minimum Gasteiger partial charge on any atom is -0.481 e. The Morgan fingerprint density at radius 3 is 2.05 bits per heavy atom. The van der Waals surface area contributed by atoms with Crippen LogP contribution in [0.2, 0.25) is 0 Å². The zero-order valence-corrected chi connectivity index (χ0v) is 11.7. The molecule has 0 aliphatic heterocycles. The highest BCUT2D eigenvalue weighted by atomic mass is 16.5. The minimum absolute atomic E-state index is 0.0868. The van der Waals surface area contributed by atoms with Crippen molar-refractivity contribution in [3.63, 3.8) is 0 Å². The summed E-state index contributed by atoms with van der Waals surface area (Å²) in [5.74, 6) is -0.935. The number of ether oxygens (including phenoxy) is 2. The molecule has 0 rings (SSSR count). The summed E-state index contributed by atoms with van der Waals surface area (Å²) < 4.78 is 10.4. The van der Waals surface area contributed by atoms with Gasteiger partial charge in [0.2, 0.25) is 0 Å². The molecule has 0 aromatic heterocycles. The van der Waals surface area contributed by atoms with Crippen molar-refractivity contribution in [1.29, 1.82) is 0 Å². The van der Waals surface area contributed by atoms with Crippen LogP contribution in [0.5, 0.6) is 0 Å². The van der Waals surface area contributed by atoms with Gasteiger partial charge in [0.05, 0.1) is 19.6 Å². The summed E-state index contributed by atoms with van der Waals surface area (Å²) in [4.78, 5) is 23.8. The molecule has 0 aromatic rings. The van der Waals surface area contributed by atoms with Crippen LogP contribution in [0.25, 0.3) is 0 Å². The van der Waals surface area contributed by atoms with Crippen LogP contribution in [0.4, 0.5) is 4.79 Å². The molecule has 2 N–H and O–H groups in total. The highest BCUT2D eigenvalue weighted by Crippen LogP contribution is 1.92. The van der Waals surface area contributed by atoms with Gasteiger partial charge in [-0.15, -0.1) is 0 Å². The van der Waals surface area contributed by atoms with Crippen LogP contribution in [-0.2, 0) is 14.3 Å². The predicted octanol–water partition coefficient (Wildman–Crippen LogP) is 0.546. The number of amides is 2. The van der Waals surface area contributed by atoms with Crippen LogP contribution in [-0.4, -0.2) is 68.1 Å². The lowest BCUT2D eigenvalue weighted by molar-refractivity contribution is -0.136. The first-order valence-corrected chi connectivity index (χ1v) is 6.51. The summed E-state index contributed by atoms with van der Waals surface area (Å²) in [5, 5.41) is 11.1. The van der Waals surface area contributed by atoms with E-state index in [0.717, 1.165) is 0 Å². The number of aliphatic carboxylic acids is 1. The molecule has 2 amide bonds. The number of hydrogen-bond donors (Lipinski definition) is 2. The summed E-state index contributed by atoms with van der Waals surface area (Å²) >= 11 is 0. The third-order valence-electron chi connectivity index (χ3n) is 2.32. The van der Waals surface area contributed by atoms with Gasteiger partial charge in [-0.2, -0.15) is 0 Å². The van der Waals surface area contributed by atoms with E-state index >= 15 is 0 Å². The Morgan fingerprint density at radius 2 is 1.63 bits per heavy atom. The van der Waals surface area contributed by atoms with Gasteiger partial charge in [-0.05, 0) is 13.8 Å². The van der Waals surface area contributed by atoms with Gasteiger partial charge in [-0.3, -0.25) is 4.79 Å². The van der Waals surface area contributed by atoms with E-state index in [1.165, 1.54) is 0 Å². The molecule has 0 aliphatic rings. The molecule has 0 heterocycles. The van der Waals surface area contributed by atoms with Crippen LogP contribution < -0.4 is 5.32 Å². The van der Waals surface area contributed by atoms with E-state index in [9.17, 15) is 9.59 Å². The molecule has 0 saturated heterocycles. The molecule has 0 atom stereocenters. The maximum atomic E-state index is 11.8. The maximum Gasteiger partial charge on any atom is 0.317 e. The van der Waals surface area contributed by atoms with E-state index in [1.807, 2.05) is 13.8 Å². The van der Waals surface area contributed by atoms with Gasteiger partial charge < -0.3 is 24.8 Å². The van der Waals surface area contributed by atoms with Gasteiger partial charge >= 0.3 is 12.0 Å². The molecule has 112 valence electrons. The lowest BCUT2D eigenvalue weighted by Gasteiger charge is -2.22. The summed E-state index contributed by atoms with van der Waals surface area (Å²) in [7, 11) is 0. The number of hydrogen-bond acceptors (Lipinski definition) is 4. The van der Waals surface area contributed by atoms with Crippen LogP contribution in [0.3, 0.4) is 0 Å². The third kappa shape index (κ3) is 10.3. The number of carboxylic acid groups (broad SMARTS) is 1. The largest absolute Gasteiger partial charge is 0.481 e. The van der Waals surface area contributed by atoms with Gasteiger partial charge in [0.15, 0.2) is 0 Å². The second-order valence-corrected chi connectivity index (χ2v) is 3.76. The molecule has 0 bridgehead atoms. The van der Waals surface area contributed by atoms with Gasteiger partial charge in [-0.1, -0.05) is 0 Å². The average Bonchev–Trinajstić information content (AvgIpc) is 2.36. The SMILES string of the molecule is CCOCCN(CCOCC)C(=O)NCCC(=O)O. The lowest BCUT2D eigenvalue weighted by Crippen LogP contribution is -2.44. The van der Waals surface area contributed by atoms with Gasteiger partial charge in [0.25, 0.3) is 0 Å². The Bertz CT molecular complexity index is 251.